The topological polar surface area (TPSA) is 51.2 Å². The van der Waals surface area contributed by atoms with Crippen molar-refractivity contribution in [2.45, 2.75) is 26.2 Å². The van der Waals surface area contributed by atoms with Gasteiger partial charge in [-0.15, -0.1) is 11.3 Å². The molecule has 0 spiro atoms. The first-order valence-corrected chi connectivity index (χ1v) is 7.99. The van der Waals surface area contributed by atoms with E-state index >= 15 is 0 Å². The van der Waals surface area contributed by atoms with Crippen LogP contribution in [0.2, 0.25) is 0 Å². The molecule has 1 aromatic carbocycles. The van der Waals surface area contributed by atoms with Crippen LogP contribution in [-0.2, 0) is 4.74 Å². The highest BCUT2D eigenvalue weighted by molar-refractivity contribution is 7.14. The molecule has 0 aliphatic heterocycles. The molecule has 0 saturated carbocycles. The molecular formula is C16H20N2O2S. The minimum absolute atomic E-state index is 0.362. The average molecular weight is 304 g/mol. The molecule has 4 nitrogen and oxygen atoms in total. The zero-order valence-electron chi connectivity index (χ0n) is 12.3. The number of benzene rings is 1. The SMILES string of the molecule is CCOC(=O)c1ncsc1NCCC(C)c1ccccc1. The van der Waals surface area contributed by atoms with Crippen molar-refractivity contribution in [2.75, 3.05) is 18.5 Å². The largest absolute Gasteiger partial charge is 0.461 e. The number of rotatable bonds is 7. The summed E-state index contributed by atoms with van der Waals surface area (Å²) in [5.41, 5.74) is 3.37. The summed E-state index contributed by atoms with van der Waals surface area (Å²) in [6.07, 6.45) is 0.990. The molecule has 0 fully saturated rings. The zero-order valence-corrected chi connectivity index (χ0v) is 13.2. The van der Waals surface area contributed by atoms with Gasteiger partial charge in [-0.2, -0.15) is 0 Å². The van der Waals surface area contributed by atoms with Gasteiger partial charge in [-0.25, -0.2) is 9.78 Å². The molecule has 2 rings (SSSR count). The number of anilines is 1. The number of aromatic nitrogens is 1. The van der Waals surface area contributed by atoms with Crippen LogP contribution in [0.3, 0.4) is 0 Å². The molecule has 0 radical (unpaired) electrons. The van der Waals surface area contributed by atoms with Gasteiger partial charge in [0, 0.05) is 6.54 Å². The van der Waals surface area contributed by atoms with E-state index < -0.39 is 0 Å². The first-order valence-electron chi connectivity index (χ1n) is 7.11. The van der Waals surface area contributed by atoms with E-state index in [4.69, 9.17) is 4.74 Å². The van der Waals surface area contributed by atoms with Crippen molar-refractivity contribution >= 4 is 22.3 Å². The van der Waals surface area contributed by atoms with Crippen LogP contribution in [-0.4, -0.2) is 24.1 Å². The molecule has 2 aromatic rings. The first kappa shape index (κ1) is 15.5. The van der Waals surface area contributed by atoms with E-state index in [2.05, 4.69) is 41.5 Å². The molecule has 0 aliphatic rings. The Morgan fingerprint density at radius 1 is 1.38 bits per heavy atom. The first-order chi connectivity index (χ1) is 10.2. The molecule has 21 heavy (non-hydrogen) atoms. The Labute approximate surface area is 129 Å². The number of nitrogens with zero attached hydrogens (tertiary/aromatic N) is 1. The van der Waals surface area contributed by atoms with Crippen LogP contribution in [0.15, 0.2) is 35.8 Å². The Hall–Kier alpha value is -1.88. The second kappa shape index (κ2) is 7.78. The number of ether oxygens (including phenoxy) is 1. The standard InChI is InChI=1S/C16H20N2O2S/c1-3-20-16(19)14-15(21-11-18-14)17-10-9-12(2)13-7-5-4-6-8-13/h4-8,11-12,17H,3,9-10H2,1-2H3. The highest BCUT2D eigenvalue weighted by Crippen LogP contribution is 2.23. The fraction of sp³-hybridized carbons (Fsp3) is 0.375. The third-order valence-electron chi connectivity index (χ3n) is 3.27. The van der Waals surface area contributed by atoms with E-state index in [1.807, 2.05) is 6.07 Å². The van der Waals surface area contributed by atoms with E-state index in [0.29, 0.717) is 18.2 Å². The third kappa shape index (κ3) is 4.29. The van der Waals surface area contributed by atoms with E-state index in [1.165, 1.54) is 16.9 Å². The van der Waals surface area contributed by atoms with Crippen molar-refractivity contribution in [3.63, 3.8) is 0 Å². The van der Waals surface area contributed by atoms with Gasteiger partial charge < -0.3 is 10.1 Å². The Kier molecular flexibility index (Phi) is 5.75. The van der Waals surface area contributed by atoms with Crippen LogP contribution in [0.25, 0.3) is 0 Å². The summed E-state index contributed by atoms with van der Waals surface area (Å²) < 4.78 is 4.99. The normalized spacial score (nSPS) is 11.9. The number of carbonyl (C=O) groups is 1. The van der Waals surface area contributed by atoms with Crippen molar-refractivity contribution < 1.29 is 9.53 Å². The Bertz CT molecular complexity index is 569. The highest BCUT2D eigenvalue weighted by atomic mass is 32.1. The van der Waals surface area contributed by atoms with Crippen molar-refractivity contribution in [3.05, 3.63) is 47.1 Å². The van der Waals surface area contributed by atoms with E-state index in [0.717, 1.165) is 18.0 Å². The smallest absolute Gasteiger partial charge is 0.360 e. The second-order valence-electron chi connectivity index (χ2n) is 4.78. The van der Waals surface area contributed by atoms with Crippen LogP contribution in [0, 0.1) is 0 Å². The number of nitrogens with one attached hydrogen (secondary N) is 1. The summed E-state index contributed by atoms with van der Waals surface area (Å²) in [6.45, 7) is 5.15. The molecule has 0 amide bonds. The number of hydrogen-bond donors (Lipinski definition) is 1. The number of hydrogen-bond acceptors (Lipinski definition) is 5. The maximum atomic E-state index is 11.7. The number of thiazole rings is 1. The van der Waals surface area contributed by atoms with Crippen LogP contribution < -0.4 is 5.32 Å². The van der Waals surface area contributed by atoms with Gasteiger partial charge in [0.1, 0.15) is 5.00 Å². The predicted molar refractivity (Wildman–Crippen MR) is 86.0 cm³/mol. The Morgan fingerprint density at radius 3 is 2.86 bits per heavy atom. The van der Waals surface area contributed by atoms with Crippen molar-refractivity contribution in [3.8, 4) is 0 Å². The summed E-state index contributed by atoms with van der Waals surface area (Å²) in [5, 5.41) is 4.07. The molecule has 112 valence electrons. The summed E-state index contributed by atoms with van der Waals surface area (Å²) in [6, 6.07) is 10.4. The molecule has 0 aliphatic carbocycles. The molecule has 5 heteroatoms. The lowest BCUT2D eigenvalue weighted by Gasteiger charge is -2.12. The van der Waals surface area contributed by atoms with Gasteiger partial charge in [0.2, 0.25) is 0 Å². The molecule has 1 unspecified atom stereocenters. The fourth-order valence-corrected chi connectivity index (χ4v) is 2.76. The van der Waals surface area contributed by atoms with Crippen LogP contribution in [0.4, 0.5) is 5.00 Å². The van der Waals surface area contributed by atoms with E-state index in [9.17, 15) is 4.79 Å². The van der Waals surface area contributed by atoms with Gasteiger partial charge >= 0.3 is 5.97 Å². The molecule has 1 N–H and O–H groups in total. The van der Waals surface area contributed by atoms with Gasteiger partial charge in [-0.05, 0) is 24.8 Å². The lowest BCUT2D eigenvalue weighted by molar-refractivity contribution is 0.0521. The Balaban J connectivity index is 1.87. The zero-order chi connectivity index (χ0) is 15.1. The Morgan fingerprint density at radius 2 is 2.14 bits per heavy atom. The van der Waals surface area contributed by atoms with Gasteiger partial charge in [0.05, 0.1) is 12.1 Å². The summed E-state index contributed by atoms with van der Waals surface area (Å²) >= 11 is 1.43. The molecule has 1 heterocycles. The van der Waals surface area contributed by atoms with Gasteiger partial charge in [0.25, 0.3) is 0 Å². The van der Waals surface area contributed by atoms with Crippen LogP contribution in [0.1, 0.15) is 42.2 Å². The maximum absolute atomic E-state index is 11.7. The minimum Gasteiger partial charge on any atom is -0.461 e. The van der Waals surface area contributed by atoms with E-state index in [-0.39, 0.29) is 5.97 Å². The summed E-state index contributed by atoms with van der Waals surface area (Å²) in [4.78, 5) is 15.8. The van der Waals surface area contributed by atoms with Crippen molar-refractivity contribution in [2.24, 2.45) is 0 Å². The molecule has 1 aromatic heterocycles. The predicted octanol–water partition coefficient (Wildman–Crippen LogP) is 3.93. The van der Waals surface area contributed by atoms with Gasteiger partial charge in [-0.1, -0.05) is 37.3 Å². The fourth-order valence-electron chi connectivity index (χ4n) is 2.07. The number of esters is 1. The maximum Gasteiger partial charge on any atom is 0.360 e. The second-order valence-corrected chi connectivity index (χ2v) is 5.63. The summed E-state index contributed by atoms with van der Waals surface area (Å²) in [7, 11) is 0. The third-order valence-corrected chi connectivity index (χ3v) is 4.05. The monoisotopic (exact) mass is 304 g/mol. The number of carbonyl (C=O) groups excluding carboxylic acids is 1. The molecule has 0 saturated heterocycles. The van der Waals surface area contributed by atoms with Crippen LogP contribution >= 0.6 is 11.3 Å². The lowest BCUT2D eigenvalue weighted by Crippen LogP contribution is -2.11. The lowest BCUT2D eigenvalue weighted by atomic mass is 9.98. The quantitative estimate of drug-likeness (QED) is 0.788. The average Bonchev–Trinajstić information content (AvgIpc) is 2.97. The molecule has 0 bridgehead atoms. The van der Waals surface area contributed by atoms with Crippen molar-refractivity contribution in [1.82, 2.24) is 4.98 Å². The van der Waals surface area contributed by atoms with Gasteiger partial charge in [0.15, 0.2) is 5.69 Å². The molecular weight excluding hydrogens is 284 g/mol. The van der Waals surface area contributed by atoms with Crippen LogP contribution in [0.5, 0.6) is 0 Å². The molecule has 1 atom stereocenters. The van der Waals surface area contributed by atoms with Gasteiger partial charge in [-0.3, -0.25) is 0 Å². The minimum atomic E-state index is -0.364. The summed E-state index contributed by atoms with van der Waals surface area (Å²) in [5.74, 6) is 0.107. The highest BCUT2D eigenvalue weighted by Gasteiger charge is 2.16. The van der Waals surface area contributed by atoms with E-state index in [1.54, 1.807) is 12.4 Å². The van der Waals surface area contributed by atoms with Crippen molar-refractivity contribution in [1.29, 1.82) is 0 Å².